The summed E-state index contributed by atoms with van der Waals surface area (Å²) < 4.78 is 0. The topological polar surface area (TPSA) is 86.3 Å². The van der Waals surface area contributed by atoms with Crippen LogP contribution in [0.5, 0.6) is 0 Å². The molecule has 0 N–H and O–H groups in total. The van der Waals surface area contributed by atoms with Gasteiger partial charge in [0, 0.05) is 29.6 Å². The van der Waals surface area contributed by atoms with Crippen molar-refractivity contribution in [1.29, 1.82) is 0 Å². The first kappa shape index (κ1) is 10.7. The molecule has 1 radical (unpaired) electrons. The van der Waals surface area contributed by atoms with E-state index in [-0.39, 0.29) is 29.6 Å². The summed E-state index contributed by atoms with van der Waals surface area (Å²) in [6.07, 6.45) is 0. The Morgan fingerprint density at radius 1 is 1.12 bits per heavy atom. The predicted molar refractivity (Wildman–Crippen MR) is 24.6 cm³/mol. The Labute approximate surface area is 66.5 Å². The van der Waals surface area contributed by atoms with Crippen LogP contribution in [-0.4, -0.2) is 46.1 Å². The van der Waals surface area contributed by atoms with Crippen molar-refractivity contribution < 1.29 is 9.85 Å². The third-order valence-corrected chi connectivity index (χ3v) is 0.231. The summed E-state index contributed by atoms with van der Waals surface area (Å²) in [7, 11) is 0. The van der Waals surface area contributed by atoms with Gasteiger partial charge < -0.3 is 0 Å². The molecule has 8 heavy (non-hydrogen) atoms. The molecule has 0 spiro atoms. The van der Waals surface area contributed by atoms with E-state index in [1.165, 1.54) is 0 Å². The molecule has 0 atom stereocenters. The van der Waals surface area contributed by atoms with Gasteiger partial charge in [0.1, 0.15) is 0 Å². The zero-order valence-electron chi connectivity index (χ0n) is 4.23. The van der Waals surface area contributed by atoms with Gasteiger partial charge in [-0.2, -0.15) is 0 Å². The van der Waals surface area contributed by atoms with E-state index >= 15 is 0 Å². The van der Waals surface area contributed by atoms with Crippen LogP contribution in [0.25, 0.3) is 0 Å². The average Bonchev–Trinajstić information content (AvgIpc) is 1.27. The Morgan fingerprint density at radius 3 is 1.38 bits per heavy atom. The molecular weight excluding hydrogens is 127 g/mol. The van der Waals surface area contributed by atoms with Crippen molar-refractivity contribution in [3.63, 3.8) is 0 Å². The molecule has 0 amide bonds. The van der Waals surface area contributed by atoms with Crippen molar-refractivity contribution in [2.75, 3.05) is 6.67 Å². The Morgan fingerprint density at radius 2 is 1.38 bits per heavy atom. The number of hydrogen-bond donors (Lipinski definition) is 0. The molecule has 0 unspecified atom stereocenters. The zero-order valence-corrected chi connectivity index (χ0v) is 6.23. The predicted octanol–water partition coefficient (Wildman–Crippen LogP) is -0.884. The van der Waals surface area contributed by atoms with Crippen LogP contribution in [0.2, 0.25) is 0 Å². The quantitative estimate of drug-likeness (QED) is 0.209. The standard InChI is InChI=1S/CH2N2O4.Na/c4-2(5)1-3(6)7;/h1H2;. The monoisotopic (exact) mass is 129 g/mol. The molecule has 41 valence electrons. The van der Waals surface area contributed by atoms with E-state index < -0.39 is 16.5 Å². The number of hydrogen-bond acceptors (Lipinski definition) is 4. The summed E-state index contributed by atoms with van der Waals surface area (Å²) in [5, 5.41) is 18.3. The third-order valence-electron chi connectivity index (χ3n) is 0.231. The second kappa shape index (κ2) is 4.95. The maximum Gasteiger partial charge on any atom is 0.442 e. The van der Waals surface area contributed by atoms with Gasteiger partial charge in [0.15, 0.2) is 0 Å². The van der Waals surface area contributed by atoms with Gasteiger partial charge in [0.25, 0.3) is 0 Å². The van der Waals surface area contributed by atoms with Crippen molar-refractivity contribution >= 4 is 29.6 Å². The molecule has 0 fully saturated rings. The Balaban J connectivity index is 0. The Kier molecular flexibility index (Phi) is 6.63. The Hall–Kier alpha value is -0.200. The first-order chi connectivity index (χ1) is 3.13. The van der Waals surface area contributed by atoms with Crippen LogP contribution in [0, 0.1) is 20.2 Å². The minimum atomic E-state index is -1.19. The molecule has 0 saturated carbocycles. The van der Waals surface area contributed by atoms with Crippen molar-refractivity contribution in [2.24, 2.45) is 0 Å². The molecule has 0 saturated heterocycles. The van der Waals surface area contributed by atoms with Crippen LogP contribution >= 0.6 is 0 Å². The summed E-state index contributed by atoms with van der Waals surface area (Å²) in [4.78, 5) is 16.3. The van der Waals surface area contributed by atoms with E-state index in [1.807, 2.05) is 0 Å². The molecule has 0 aromatic heterocycles. The second-order valence-electron chi connectivity index (χ2n) is 0.807. The molecule has 6 nitrogen and oxygen atoms in total. The SMILES string of the molecule is O=[N+]([O-])C[N+](=O)[O-].[Na]. The minimum Gasteiger partial charge on any atom is -0.259 e. The van der Waals surface area contributed by atoms with E-state index in [0.717, 1.165) is 0 Å². The first-order valence-electron chi connectivity index (χ1n) is 1.36. The zero-order chi connectivity index (χ0) is 5.86. The van der Waals surface area contributed by atoms with Crippen molar-refractivity contribution in [1.82, 2.24) is 0 Å². The largest absolute Gasteiger partial charge is 0.442 e. The molecule has 0 bridgehead atoms. The maximum atomic E-state index is 9.17. The van der Waals surface area contributed by atoms with Gasteiger partial charge in [-0.15, -0.1) is 0 Å². The number of rotatable bonds is 2. The van der Waals surface area contributed by atoms with Crippen LogP contribution in [0.3, 0.4) is 0 Å². The normalized spacial score (nSPS) is 7.00. The fourth-order valence-electron chi connectivity index (χ4n) is 0.0943. The third kappa shape index (κ3) is 9.25. The van der Waals surface area contributed by atoms with Gasteiger partial charge in [-0.25, -0.2) is 0 Å². The van der Waals surface area contributed by atoms with E-state index in [1.54, 1.807) is 0 Å². The van der Waals surface area contributed by atoms with Crippen molar-refractivity contribution in [3.8, 4) is 0 Å². The molecule has 0 aliphatic carbocycles. The fourth-order valence-corrected chi connectivity index (χ4v) is 0.0943. The van der Waals surface area contributed by atoms with Crippen LogP contribution in [-0.2, 0) is 0 Å². The summed E-state index contributed by atoms with van der Waals surface area (Å²) in [6.45, 7) is -1.19. The average molecular weight is 129 g/mol. The van der Waals surface area contributed by atoms with E-state index in [4.69, 9.17) is 0 Å². The van der Waals surface area contributed by atoms with Gasteiger partial charge in [0.05, 0.1) is 9.85 Å². The molecular formula is CH2N2NaO4. The molecule has 0 aliphatic rings. The molecule has 0 heterocycles. The summed E-state index contributed by atoms with van der Waals surface area (Å²) >= 11 is 0. The van der Waals surface area contributed by atoms with Crippen molar-refractivity contribution in [3.05, 3.63) is 20.2 Å². The Bertz CT molecular complexity index is 90.2. The van der Waals surface area contributed by atoms with Gasteiger partial charge >= 0.3 is 6.67 Å². The van der Waals surface area contributed by atoms with Gasteiger partial charge in [-0.1, -0.05) is 0 Å². The maximum absolute atomic E-state index is 9.17. The van der Waals surface area contributed by atoms with Crippen LogP contribution < -0.4 is 0 Å². The smallest absolute Gasteiger partial charge is 0.259 e. The van der Waals surface area contributed by atoms with Crippen LogP contribution in [0.1, 0.15) is 0 Å². The summed E-state index contributed by atoms with van der Waals surface area (Å²) in [5.41, 5.74) is 0. The van der Waals surface area contributed by atoms with E-state index in [9.17, 15) is 20.2 Å². The number of nitrogens with zero attached hydrogens (tertiary/aromatic N) is 2. The van der Waals surface area contributed by atoms with Crippen LogP contribution in [0.4, 0.5) is 0 Å². The fraction of sp³-hybridized carbons (Fsp3) is 1.00. The van der Waals surface area contributed by atoms with Gasteiger partial charge in [-0.3, -0.25) is 20.2 Å². The molecule has 0 rings (SSSR count). The molecule has 0 aromatic rings. The summed E-state index contributed by atoms with van der Waals surface area (Å²) in [5.74, 6) is 0. The number of nitro groups is 2. The molecule has 0 aliphatic heterocycles. The second-order valence-corrected chi connectivity index (χ2v) is 0.807. The van der Waals surface area contributed by atoms with Gasteiger partial charge in [-0.05, 0) is 0 Å². The van der Waals surface area contributed by atoms with Crippen LogP contribution in [0.15, 0.2) is 0 Å². The molecule has 0 aromatic carbocycles. The molecule has 7 heteroatoms. The van der Waals surface area contributed by atoms with Gasteiger partial charge in [0.2, 0.25) is 0 Å². The van der Waals surface area contributed by atoms with E-state index in [2.05, 4.69) is 0 Å². The van der Waals surface area contributed by atoms with E-state index in [0.29, 0.717) is 0 Å². The van der Waals surface area contributed by atoms with Crippen molar-refractivity contribution in [2.45, 2.75) is 0 Å². The summed E-state index contributed by atoms with van der Waals surface area (Å²) in [6, 6.07) is 0. The minimum absolute atomic E-state index is 0. The first-order valence-corrected chi connectivity index (χ1v) is 1.36.